The van der Waals surface area contributed by atoms with E-state index in [2.05, 4.69) is 5.32 Å². The number of hydrogen-bond donors (Lipinski definition) is 1. The van der Waals surface area contributed by atoms with Crippen molar-refractivity contribution >= 4 is 27.6 Å². The van der Waals surface area contributed by atoms with Gasteiger partial charge in [0.05, 0.1) is 16.1 Å². The molecule has 28 heavy (non-hydrogen) atoms. The average molecular weight is 404 g/mol. The van der Waals surface area contributed by atoms with E-state index in [0.717, 1.165) is 9.87 Å². The Hall–Kier alpha value is -2.87. The Morgan fingerprint density at radius 1 is 1.11 bits per heavy atom. The Kier molecular flexibility index (Phi) is 6.80. The average Bonchev–Trinajstić information content (AvgIpc) is 2.65. The fourth-order valence-corrected chi connectivity index (χ4v) is 3.66. The molecule has 0 aliphatic rings. The fourth-order valence-electron chi connectivity index (χ4n) is 2.41. The molecule has 0 aromatic heterocycles. The van der Waals surface area contributed by atoms with E-state index < -0.39 is 28.5 Å². The minimum atomic E-state index is -3.86. The molecule has 0 fully saturated rings. The number of nitrogens with zero attached hydrogens (tertiary/aromatic N) is 1. The summed E-state index contributed by atoms with van der Waals surface area (Å²) in [5.74, 6) is -1.19. The van der Waals surface area contributed by atoms with Gasteiger partial charge in [0.25, 0.3) is 15.9 Å². The monoisotopic (exact) mass is 404 g/mol. The van der Waals surface area contributed by atoms with E-state index in [1.165, 1.54) is 31.3 Å². The maximum Gasteiger partial charge on any atom is 0.338 e. The van der Waals surface area contributed by atoms with E-state index in [0.29, 0.717) is 5.69 Å². The number of aryl methyl sites for hydroxylation is 1. The normalized spacial score (nSPS) is 11.2. The van der Waals surface area contributed by atoms with E-state index in [1.54, 1.807) is 26.0 Å². The Balaban J connectivity index is 2.18. The summed E-state index contributed by atoms with van der Waals surface area (Å²) in [6, 6.07) is 12.5. The summed E-state index contributed by atoms with van der Waals surface area (Å²) in [5.41, 5.74) is 1.57. The van der Waals surface area contributed by atoms with Crippen LogP contribution in [0.15, 0.2) is 53.4 Å². The van der Waals surface area contributed by atoms with Crippen LogP contribution in [0, 0.1) is 6.92 Å². The quantitative estimate of drug-likeness (QED) is 0.716. The molecule has 0 unspecified atom stereocenters. The molecule has 1 N–H and O–H groups in total. The van der Waals surface area contributed by atoms with Gasteiger partial charge in [0, 0.05) is 13.1 Å². The third kappa shape index (κ3) is 5.32. The standard InChI is InChI=1S/C20H24N2O5S/c1-14(2)21-19(23)13-27-20(24)16-6-5-7-18(12-16)28(25,26)22(4)17-10-8-15(3)9-11-17/h5-12,14H,13H2,1-4H3,(H,21,23). The number of carbonyl (C=O) groups is 2. The van der Waals surface area contributed by atoms with Crippen LogP contribution in [-0.2, 0) is 19.6 Å². The van der Waals surface area contributed by atoms with E-state index in [-0.39, 0.29) is 16.5 Å². The van der Waals surface area contributed by atoms with Gasteiger partial charge in [-0.1, -0.05) is 23.8 Å². The van der Waals surface area contributed by atoms with Crippen molar-refractivity contribution in [2.75, 3.05) is 18.0 Å². The topological polar surface area (TPSA) is 92.8 Å². The molecular weight excluding hydrogens is 380 g/mol. The van der Waals surface area contributed by atoms with Gasteiger partial charge >= 0.3 is 5.97 Å². The maximum absolute atomic E-state index is 12.9. The largest absolute Gasteiger partial charge is 0.452 e. The summed E-state index contributed by atoms with van der Waals surface area (Å²) >= 11 is 0. The number of benzene rings is 2. The van der Waals surface area contributed by atoms with Crippen molar-refractivity contribution in [2.24, 2.45) is 0 Å². The number of anilines is 1. The number of ether oxygens (including phenoxy) is 1. The summed E-state index contributed by atoms with van der Waals surface area (Å²) in [5, 5.41) is 2.60. The van der Waals surface area contributed by atoms with Crippen molar-refractivity contribution in [1.29, 1.82) is 0 Å². The molecule has 7 nitrogen and oxygen atoms in total. The summed E-state index contributed by atoms with van der Waals surface area (Å²) in [7, 11) is -2.42. The Morgan fingerprint density at radius 3 is 2.36 bits per heavy atom. The lowest BCUT2D eigenvalue weighted by molar-refractivity contribution is -0.124. The van der Waals surface area contributed by atoms with Crippen molar-refractivity contribution in [3.63, 3.8) is 0 Å². The zero-order valence-electron chi connectivity index (χ0n) is 16.3. The second-order valence-corrected chi connectivity index (χ2v) is 8.60. The van der Waals surface area contributed by atoms with Gasteiger partial charge in [-0.25, -0.2) is 13.2 Å². The molecule has 150 valence electrons. The van der Waals surface area contributed by atoms with Crippen LogP contribution in [-0.4, -0.2) is 40.0 Å². The predicted octanol–water partition coefficient (Wildman–Crippen LogP) is 2.50. The molecule has 0 saturated carbocycles. The van der Waals surface area contributed by atoms with Crippen LogP contribution in [0.4, 0.5) is 5.69 Å². The third-order valence-corrected chi connectivity index (χ3v) is 5.69. The van der Waals surface area contributed by atoms with Crippen molar-refractivity contribution in [2.45, 2.75) is 31.7 Å². The van der Waals surface area contributed by atoms with Crippen LogP contribution in [0.2, 0.25) is 0 Å². The summed E-state index contributed by atoms with van der Waals surface area (Å²) in [6.45, 7) is 5.06. The minimum Gasteiger partial charge on any atom is -0.452 e. The van der Waals surface area contributed by atoms with E-state index in [1.807, 2.05) is 19.1 Å². The molecule has 0 radical (unpaired) electrons. The first kappa shape index (κ1) is 21.4. The van der Waals surface area contributed by atoms with Crippen LogP contribution in [0.1, 0.15) is 29.8 Å². The number of esters is 1. The lowest BCUT2D eigenvalue weighted by Gasteiger charge is -2.20. The highest BCUT2D eigenvalue weighted by Gasteiger charge is 2.23. The van der Waals surface area contributed by atoms with Crippen LogP contribution >= 0.6 is 0 Å². The Labute approximate surface area is 165 Å². The predicted molar refractivity (Wildman–Crippen MR) is 107 cm³/mol. The number of sulfonamides is 1. The Morgan fingerprint density at radius 2 is 1.75 bits per heavy atom. The van der Waals surface area contributed by atoms with E-state index in [9.17, 15) is 18.0 Å². The van der Waals surface area contributed by atoms with Crippen molar-refractivity contribution < 1.29 is 22.7 Å². The van der Waals surface area contributed by atoms with E-state index in [4.69, 9.17) is 4.74 Å². The molecule has 0 aliphatic carbocycles. The lowest BCUT2D eigenvalue weighted by atomic mass is 10.2. The molecule has 0 spiro atoms. The van der Waals surface area contributed by atoms with Crippen LogP contribution in [0.3, 0.4) is 0 Å². The number of rotatable bonds is 7. The van der Waals surface area contributed by atoms with Crippen molar-refractivity contribution in [3.8, 4) is 0 Å². The summed E-state index contributed by atoms with van der Waals surface area (Å²) < 4.78 is 31.9. The maximum atomic E-state index is 12.9. The molecule has 0 aliphatic heterocycles. The van der Waals surface area contributed by atoms with Gasteiger partial charge in [-0.3, -0.25) is 9.10 Å². The summed E-state index contributed by atoms with van der Waals surface area (Å²) in [4.78, 5) is 23.7. The molecular formula is C20H24N2O5S. The first-order valence-corrected chi connectivity index (χ1v) is 10.2. The molecule has 0 atom stereocenters. The zero-order valence-corrected chi connectivity index (χ0v) is 17.1. The number of hydrogen-bond acceptors (Lipinski definition) is 5. The van der Waals surface area contributed by atoms with Crippen molar-refractivity contribution in [3.05, 3.63) is 59.7 Å². The third-order valence-electron chi connectivity index (χ3n) is 3.91. The number of amides is 1. The second kappa shape index (κ2) is 8.88. The molecule has 2 aromatic carbocycles. The molecule has 2 aromatic rings. The smallest absolute Gasteiger partial charge is 0.338 e. The zero-order chi connectivity index (χ0) is 20.9. The molecule has 0 bridgehead atoms. The van der Waals surface area contributed by atoms with Crippen molar-refractivity contribution in [1.82, 2.24) is 5.32 Å². The first-order chi connectivity index (χ1) is 13.1. The highest BCUT2D eigenvalue weighted by molar-refractivity contribution is 7.92. The molecule has 1 amide bonds. The SMILES string of the molecule is Cc1ccc(N(C)S(=O)(=O)c2cccc(C(=O)OCC(=O)NC(C)C)c2)cc1. The lowest BCUT2D eigenvalue weighted by Crippen LogP contribution is -2.34. The number of carbonyl (C=O) groups excluding carboxylic acids is 2. The first-order valence-electron chi connectivity index (χ1n) is 8.73. The molecule has 8 heteroatoms. The van der Waals surface area contributed by atoms with Crippen LogP contribution < -0.4 is 9.62 Å². The minimum absolute atomic E-state index is 0.0448. The number of nitrogens with one attached hydrogen (secondary N) is 1. The van der Waals surface area contributed by atoms with Gasteiger partial charge in [-0.05, 0) is 51.1 Å². The highest BCUT2D eigenvalue weighted by Crippen LogP contribution is 2.23. The van der Waals surface area contributed by atoms with Gasteiger partial charge in [0.15, 0.2) is 6.61 Å². The fraction of sp³-hybridized carbons (Fsp3) is 0.300. The van der Waals surface area contributed by atoms with Crippen LogP contribution in [0.5, 0.6) is 0 Å². The molecule has 2 rings (SSSR count). The summed E-state index contributed by atoms with van der Waals surface area (Å²) in [6.07, 6.45) is 0. The van der Waals surface area contributed by atoms with Gasteiger partial charge in [-0.2, -0.15) is 0 Å². The van der Waals surface area contributed by atoms with Crippen LogP contribution in [0.25, 0.3) is 0 Å². The molecule has 0 heterocycles. The van der Waals surface area contributed by atoms with Gasteiger partial charge in [0.1, 0.15) is 0 Å². The van der Waals surface area contributed by atoms with Gasteiger partial charge in [0.2, 0.25) is 0 Å². The van der Waals surface area contributed by atoms with Gasteiger partial charge in [-0.15, -0.1) is 0 Å². The molecule has 0 saturated heterocycles. The highest BCUT2D eigenvalue weighted by atomic mass is 32.2. The Bertz CT molecular complexity index is 953. The van der Waals surface area contributed by atoms with E-state index >= 15 is 0 Å². The second-order valence-electron chi connectivity index (χ2n) is 6.63. The van der Waals surface area contributed by atoms with Gasteiger partial charge < -0.3 is 10.1 Å².